The van der Waals surface area contributed by atoms with Crippen molar-refractivity contribution in [3.8, 4) is 0 Å². The van der Waals surface area contributed by atoms with Crippen molar-refractivity contribution < 1.29 is 9.84 Å². The van der Waals surface area contributed by atoms with Crippen LogP contribution in [0.5, 0.6) is 0 Å². The summed E-state index contributed by atoms with van der Waals surface area (Å²) in [7, 11) is -1.07. The molecule has 3 nitrogen and oxygen atoms in total. The molecule has 20 heavy (non-hydrogen) atoms. The number of nitrogens with zero attached hydrogens (tertiary/aromatic N) is 1. The highest BCUT2D eigenvalue weighted by molar-refractivity contribution is 6.76. The molecule has 1 aromatic carbocycles. The average molecular weight is 312 g/mol. The van der Waals surface area contributed by atoms with E-state index in [1.54, 1.807) is 0 Å². The number of hydrogen-bond acceptors (Lipinski definition) is 2. The molecule has 0 fully saturated rings. The Hall–Kier alpha value is -0.813. The van der Waals surface area contributed by atoms with Gasteiger partial charge in [0.2, 0.25) is 0 Å². The second kappa shape index (κ2) is 6.31. The predicted octanol–water partition coefficient (Wildman–Crippen LogP) is 4.10. The zero-order chi connectivity index (χ0) is 14.8. The first-order chi connectivity index (χ1) is 9.40. The largest absolute Gasteiger partial charge is 0.390 e. The van der Waals surface area contributed by atoms with Gasteiger partial charge in [-0.05, 0) is 24.2 Å². The number of benzene rings is 1. The van der Waals surface area contributed by atoms with E-state index in [0.717, 1.165) is 29.2 Å². The molecule has 1 N–H and O–H groups in total. The van der Waals surface area contributed by atoms with E-state index in [-0.39, 0.29) is 6.61 Å². The van der Waals surface area contributed by atoms with Gasteiger partial charge in [0.05, 0.1) is 12.1 Å². The van der Waals surface area contributed by atoms with Crippen LogP contribution < -0.4 is 0 Å². The molecule has 0 aliphatic carbocycles. The van der Waals surface area contributed by atoms with Gasteiger partial charge in [-0.2, -0.15) is 0 Å². The standard InChI is InChI=1S/C15H22ClNO2Si/c1-20(2,3)7-6-19-11-17-14(10-18)8-12-4-5-13(16)9-15(12)17/h4-5,8-9,18H,6-7,10-11H2,1-3H3. The third-order valence-electron chi connectivity index (χ3n) is 3.33. The van der Waals surface area contributed by atoms with Crippen molar-refractivity contribution in [2.75, 3.05) is 6.61 Å². The second-order valence-electron chi connectivity index (χ2n) is 6.27. The lowest BCUT2D eigenvalue weighted by atomic mass is 10.2. The maximum Gasteiger partial charge on any atom is 0.123 e. The van der Waals surface area contributed by atoms with Crippen LogP contribution in [0.15, 0.2) is 24.3 Å². The fourth-order valence-corrected chi connectivity index (χ4v) is 3.03. The van der Waals surface area contributed by atoms with Crippen molar-refractivity contribution in [2.24, 2.45) is 0 Å². The zero-order valence-electron chi connectivity index (χ0n) is 12.3. The van der Waals surface area contributed by atoms with Crippen molar-refractivity contribution in [1.82, 2.24) is 4.57 Å². The van der Waals surface area contributed by atoms with Crippen LogP contribution in [0.25, 0.3) is 10.9 Å². The smallest absolute Gasteiger partial charge is 0.123 e. The predicted molar refractivity (Wildman–Crippen MR) is 87.0 cm³/mol. The maximum atomic E-state index is 9.47. The normalized spacial score (nSPS) is 12.2. The molecule has 1 heterocycles. The van der Waals surface area contributed by atoms with Crippen molar-refractivity contribution in [3.63, 3.8) is 0 Å². The average Bonchev–Trinajstić information content (AvgIpc) is 2.71. The van der Waals surface area contributed by atoms with Crippen molar-refractivity contribution in [2.45, 2.75) is 39.0 Å². The van der Waals surface area contributed by atoms with E-state index >= 15 is 0 Å². The van der Waals surface area contributed by atoms with Crippen LogP contribution in [-0.4, -0.2) is 24.4 Å². The fraction of sp³-hybridized carbons (Fsp3) is 0.467. The first-order valence-corrected chi connectivity index (χ1v) is 11.0. The summed E-state index contributed by atoms with van der Waals surface area (Å²) in [6.07, 6.45) is 0. The molecule has 0 amide bonds. The Labute approximate surface area is 126 Å². The lowest BCUT2D eigenvalue weighted by Crippen LogP contribution is -2.22. The molecule has 0 radical (unpaired) electrons. The van der Waals surface area contributed by atoms with Crippen LogP contribution in [-0.2, 0) is 18.1 Å². The number of rotatable bonds is 6. The van der Waals surface area contributed by atoms with Gasteiger partial charge < -0.3 is 14.4 Å². The summed E-state index contributed by atoms with van der Waals surface area (Å²) in [6, 6.07) is 8.86. The molecule has 0 aliphatic heterocycles. The second-order valence-corrected chi connectivity index (χ2v) is 12.3. The SMILES string of the molecule is C[Si](C)(C)CCOCn1c(CO)cc2ccc(Cl)cc21. The number of halogens is 1. The summed E-state index contributed by atoms with van der Waals surface area (Å²) >= 11 is 6.05. The number of ether oxygens (including phenoxy) is 1. The van der Waals surface area contributed by atoms with Gasteiger partial charge in [0, 0.05) is 30.8 Å². The van der Waals surface area contributed by atoms with E-state index in [1.165, 1.54) is 0 Å². The van der Waals surface area contributed by atoms with Crippen LogP contribution in [0, 0.1) is 0 Å². The Morgan fingerprint density at radius 1 is 1.25 bits per heavy atom. The molecular formula is C15H22ClNO2Si. The number of aromatic nitrogens is 1. The monoisotopic (exact) mass is 311 g/mol. The fourth-order valence-electron chi connectivity index (χ4n) is 2.10. The lowest BCUT2D eigenvalue weighted by molar-refractivity contribution is 0.0854. The van der Waals surface area contributed by atoms with Crippen LogP contribution in [0.1, 0.15) is 5.69 Å². The van der Waals surface area contributed by atoms with Crippen molar-refractivity contribution >= 4 is 30.6 Å². The quantitative estimate of drug-likeness (QED) is 0.644. The minimum atomic E-state index is -1.07. The Kier molecular flexibility index (Phi) is 4.91. The van der Waals surface area contributed by atoms with Crippen LogP contribution in [0.4, 0.5) is 0 Å². The Balaban J connectivity index is 2.13. The first-order valence-electron chi connectivity index (χ1n) is 6.87. The Bertz CT molecular complexity index is 589. The van der Waals surface area contributed by atoms with Gasteiger partial charge in [0.1, 0.15) is 6.73 Å². The number of hydrogen-bond donors (Lipinski definition) is 1. The molecule has 0 unspecified atom stereocenters. The Morgan fingerprint density at radius 2 is 2.00 bits per heavy atom. The van der Waals surface area contributed by atoms with E-state index in [2.05, 4.69) is 19.6 Å². The van der Waals surface area contributed by atoms with Gasteiger partial charge in [-0.15, -0.1) is 0 Å². The molecule has 0 spiro atoms. The van der Waals surface area contributed by atoms with Gasteiger partial charge in [0.25, 0.3) is 0 Å². The van der Waals surface area contributed by atoms with Crippen molar-refractivity contribution in [1.29, 1.82) is 0 Å². The summed E-state index contributed by atoms with van der Waals surface area (Å²) in [6.45, 7) is 8.23. The molecule has 110 valence electrons. The van der Waals surface area contributed by atoms with E-state index < -0.39 is 8.07 Å². The highest BCUT2D eigenvalue weighted by atomic mass is 35.5. The van der Waals surface area contributed by atoms with E-state index in [9.17, 15) is 5.11 Å². The molecule has 0 saturated carbocycles. The third-order valence-corrected chi connectivity index (χ3v) is 5.27. The molecule has 0 aliphatic rings. The van der Waals surface area contributed by atoms with Gasteiger partial charge in [-0.3, -0.25) is 0 Å². The molecule has 2 aromatic rings. The molecule has 0 atom stereocenters. The maximum absolute atomic E-state index is 9.47. The van der Waals surface area contributed by atoms with E-state index in [4.69, 9.17) is 16.3 Å². The summed E-state index contributed by atoms with van der Waals surface area (Å²) < 4.78 is 7.78. The van der Waals surface area contributed by atoms with E-state index in [0.29, 0.717) is 11.8 Å². The molecule has 1 aromatic heterocycles. The topological polar surface area (TPSA) is 34.4 Å². The summed E-state index contributed by atoms with van der Waals surface area (Å²) in [5, 5.41) is 11.2. The zero-order valence-corrected chi connectivity index (χ0v) is 14.1. The van der Waals surface area contributed by atoms with Gasteiger partial charge >= 0.3 is 0 Å². The number of aliphatic hydroxyl groups is 1. The van der Waals surface area contributed by atoms with Gasteiger partial charge in [0.15, 0.2) is 0 Å². The first kappa shape index (κ1) is 15.6. The van der Waals surface area contributed by atoms with Crippen LogP contribution in [0.3, 0.4) is 0 Å². The van der Waals surface area contributed by atoms with Gasteiger partial charge in [-0.1, -0.05) is 37.3 Å². The minimum absolute atomic E-state index is 0.00365. The summed E-state index contributed by atoms with van der Waals surface area (Å²) in [5.74, 6) is 0. The lowest BCUT2D eigenvalue weighted by Gasteiger charge is -2.16. The van der Waals surface area contributed by atoms with Crippen LogP contribution >= 0.6 is 11.6 Å². The highest BCUT2D eigenvalue weighted by Gasteiger charge is 2.13. The Morgan fingerprint density at radius 3 is 2.65 bits per heavy atom. The molecule has 5 heteroatoms. The molecular weight excluding hydrogens is 290 g/mol. The van der Waals surface area contributed by atoms with Gasteiger partial charge in [-0.25, -0.2) is 0 Å². The molecule has 0 saturated heterocycles. The number of fused-ring (bicyclic) bond motifs is 1. The highest BCUT2D eigenvalue weighted by Crippen LogP contribution is 2.24. The minimum Gasteiger partial charge on any atom is -0.390 e. The third kappa shape index (κ3) is 3.85. The summed E-state index contributed by atoms with van der Waals surface area (Å²) in [5.41, 5.74) is 1.87. The van der Waals surface area contributed by atoms with Crippen LogP contribution in [0.2, 0.25) is 30.7 Å². The summed E-state index contributed by atoms with van der Waals surface area (Å²) in [4.78, 5) is 0. The van der Waals surface area contributed by atoms with E-state index in [1.807, 2.05) is 28.8 Å². The molecule has 2 rings (SSSR count). The number of aliphatic hydroxyl groups excluding tert-OH is 1. The van der Waals surface area contributed by atoms with Crippen molar-refractivity contribution in [3.05, 3.63) is 35.0 Å². The molecule has 0 bridgehead atoms.